The van der Waals surface area contributed by atoms with Crippen molar-refractivity contribution in [3.8, 4) is 0 Å². The Bertz CT molecular complexity index is 1100. The maximum absolute atomic E-state index is 12.6. The van der Waals surface area contributed by atoms with Crippen LogP contribution < -0.4 is 5.43 Å². The summed E-state index contributed by atoms with van der Waals surface area (Å²) in [6.45, 7) is 1.90. The Morgan fingerprint density at radius 1 is 1.30 bits per heavy atom. The summed E-state index contributed by atoms with van der Waals surface area (Å²) in [5.41, 5.74) is 3.75. The lowest BCUT2D eigenvalue weighted by Gasteiger charge is -2.33. The van der Waals surface area contributed by atoms with E-state index in [0.717, 1.165) is 14.6 Å². The number of non-ortho nitro benzene ring substituents is 1. The second-order valence-corrected chi connectivity index (χ2v) is 10.4. The molecule has 1 atom stereocenters. The zero-order valence-electron chi connectivity index (χ0n) is 15.7. The van der Waals surface area contributed by atoms with E-state index in [1.807, 2.05) is 31.2 Å². The Balaban J connectivity index is 1.46. The van der Waals surface area contributed by atoms with Gasteiger partial charge in [0.15, 0.2) is 4.34 Å². The molecule has 1 aliphatic heterocycles. The number of aromatic nitrogens is 1. The zero-order valence-corrected chi connectivity index (χ0v) is 18.2. The van der Waals surface area contributed by atoms with Crippen LogP contribution in [0.5, 0.6) is 0 Å². The van der Waals surface area contributed by atoms with Crippen molar-refractivity contribution in [1.29, 1.82) is 0 Å². The van der Waals surface area contributed by atoms with Gasteiger partial charge in [0.25, 0.3) is 17.5 Å². The Labute approximate surface area is 184 Å². The van der Waals surface area contributed by atoms with E-state index in [4.69, 9.17) is 0 Å². The summed E-state index contributed by atoms with van der Waals surface area (Å²) < 4.78 is 2.00. The number of carbonyl (C=O) groups is 2. The monoisotopic (exact) mass is 460 g/mol. The predicted octanol–water partition coefficient (Wildman–Crippen LogP) is 3.93. The van der Waals surface area contributed by atoms with Crippen molar-refractivity contribution in [3.05, 3.63) is 64.2 Å². The molecule has 30 heavy (non-hydrogen) atoms. The second-order valence-electron chi connectivity index (χ2n) is 6.67. The molecule has 1 aliphatic rings. The number of thiazole rings is 1. The first kappa shape index (κ1) is 20.6. The number of fused-ring (bicyclic) bond motifs is 1. The lowest BCUT2D eigenvalue weighted by atomic mass is 10.2. The number of nitro groups is 1. The molecule has 0 radical (unpaired) electrons. The Morgan fingerprint density at radius 3 is 2.73 bits per heavy atom. The molecule has 1 N–H and O–H groups in total. The molecule has 0 bridgehead atoms. The number of benzene rings is 2. The van der Waals surface area contributed by atoms with E-state index in [2.05, 4.69) is 10.4 Å². The highest BCUT2D eigenvalue weighted by Crippen LogP contribution is 2.40. The number of hydrogen-bond acceptors (Lipinski definition) is 8. The van der Waals surface area contributed by atoms with Crippen LogP contribution >= 0.6 is 34.9 Å². The van der Waals surface area contributed by atoms with E-state index < -0.39 is 15.7 Å². The highest BCUT2D eigenvalue weighted by Gasteiger charge is 2.44. The molecule has 0 spiro atoms. The number of thioether (sulfide) groups is 2. The first-order chi connectivity index (χ1) is 14.4. The number of hydrazine groups is 1. The van der Waals surface area contributed by atoms with Crippen LogP contribution in [0.15, 0.2) is 52.9 Å². The summed E-state index contributed by atoms with van der Waals surface area (Å²) in [7, 11) is 0. The van der Waals surface area contributed by atoms with Crippen LogP contribution in [0.4, 0.5) is 5.69 Å². The number of nitro benzene ring substituents is 1. The van der Waals surface area contributed by atoms with Gasteiger partial charge in [-0.2, -0.15) is 0 Å². The summed E-state index contributed by atoms with van der Waals surface area (Å²) in [5.74, 6) is 0.126. The predicted molar refractivity (Wildman–Crippen MR) is 119 cm³/mol. The first-order valence-electron chi connectivity index (χ1n) is 8.86. The molecule has 4 rings (SSSR count). The maximum Gasteiger partial charge on any atom is 0.269 e. The number of carbonyl (C=O) groups excluding carboxylic acids is 2. The van der Waals surface area contributed by atoms with E-state index >= 15 is 0 Å². The van der Waals surface area contributed by atoms with Crippen molar-refractivity contribution in [2.75, 3.05) is 11.5 Å². The SMILES string of the molecule is CC1(CSc2nc3ccccc3s2)SCC(=O)N1NC(=O)c1ccc([N+](=O)[O-])cc1. The average molecular weight is 461 g/mol. The molecule has 1 unspecified atom stereocenters. The van der Waals surface area contributed by atoms with Gasteiger partial charge in [0.05, 0.1) is 20.9 Å². The molecular formula is C19H16N4O4S3. The van der Waals surface area contributed by atoms with Crippen molar-refractivity contribution in [2.24, 2.45) is 0 Å². The summed E-state index contributed by atoms with van der Waals surface area (Å²) in [6, 6.07) is 13.2. The first-order valence-corrected chi connectivity index (χ1v) is 11.7. The average Bonchev–Trinajstić information content (AvgIpc) is 3.28. The minimum atomic E-state index is -0.643. The van der Waals surface area contributed by atoms with Gasteiger partial charge in [0.2, 0.25) is 0 Å². The van der Waals surface area contributed by atoms with Crippen molar-refractivity contribution in [2.45, 2.75) is 16.1 Å². The van der Waals surface area contributed by atoms with E-state index in [0.29, 0.717) is 5.75 Å². The van der Waals surface area contributed by atoms with Gasteiger partial charge in [-0.3, -0.25) is 25.1 Å². The van der Waals surface area contributed by atoms with Crippen molar-refractivity contribution < 1.29 is 14.5 Å². The molecule has 8 nitrogen and oxygen atoms in total. The van der Waals surface area contributed by atoms with Crippen LogP contribution in [-0.4, -0.2) is 43.1 Å². The molecule has 2 amide bonds. The van der Waals surface area contributed by atoms with Gasteiger partial charge < -0.3 is 0 Å². The molecule has 2 aromatic carbocycles. The lowest BCUT2D eigenvalue weighted by molar-refractivity contribution is -0.384. The van der Waals surface area contributed by atoms with Crippen LogP contribution in [0.25, 0.3) is 10.2 Å². The van der Waals surface area contributed by atoms with Gasteiger partial charge in [-0.15, -0.1) is 23.1 Å². The normalized spacial score (nSPS) is 18.7. The molecule has 0 saturated carbocycles. The summed E-state index contributed by atoms with van der Waals surface area (Å²) in [6.07, 6.45) is 0. The third-order valence-electron chi connectivity index (χ3n) is 4.52. The minimum absolute atomic E-state index is 0.101. The van der Waals surface area contributed by atoms with Gasteiger partial charge in [-0.25, -0.2) is 9.99 Å². The molecule has 1 fully saturated rings. The summed E-state index contributed by atoms with van der Waals surface area (Å²) in [5, 5.41) is 12.1. The number of rotatable bonds is 6. The number of nitrogens with zero attached hydrogens (tertiary/aromatic N) is 3. The van der Waals surface area contributed by atoms with Crippen LogP contribution in [-0.2, 0) is 4.79 Å². The molecular weight excluding hydrogens is 444 g/mol. The van der Waals surface area contributed by atoms with E-state index in [9.17, 15) is 19.7 Å². The van der Waals surface area contributed by atoms with Crippen LogP contribution in [0.2, 0.25) is 0 Å². The quantitative estimate of drug-likeness (QED) is 0.337. The van der Waals surface area contributed by atoms with Crippen LogP contribution in [0.3, 0.4) is 0 Å². The fourth-order valence-electron chi connectivity index (χ4n) is 2.91. The van der Waals surface area contributed by atoms with Gasteiger partial charge in [0, 0.05) is 23.4 Å². The Kier molecular flexibility index (Phi) is 5.67. The molecule has 0 aliphatic carbocycles. The Hall–Kier alpha value is -2.63. The molecule has 2 heterocycles. The second kappa shape index (κ2) is 8.25. The minimum Gasteiger partial charge on any atom is -0.272 e. The lowest BCUT2D eigenvalue weighted by Crippen LogP contribution is -2.54. The zero-order chi connectivity index (χ0) is 21.3. The van der Waals surface area contributed by atoms with Crippen LogP contribution in [0, 0.1) is 10.1 Å². The highest BCUT2D eigenvalue weighted by molar-refractivity contribution is 8.05. The molecule has 1 aromatic heterocycles. The third-order valence-corrected chi connectivity index (χ3v) is 8.52. The van der Waals surface area contributed by atoms with Crippen molar-refractivity contribution in [1.82, 2.24) is 15.4 Å². The molecule has 1 saturated heterocycles. The summed E-state index contributed by atoms with van der Waals surface area (Å²) in [4.78, 5) is 39.2. The molecule has 154 valence electrons. The van der Waals surface area contributed by atoms with Crippen LogP contribution in [0.1, 0.15) is 17.3 Å². The van der Waals surface area contributed by atoms with Crippen molar-refractivity contribution >= 4 is 62.6 Å². The highest BCUT2D eigenvalue weighted by atomic mass is 32.2. The molecule has 11 heteroatoms. The number of hydrogen-bond donors (Lipinski definition) is 1. The maximum atomic E-state index is 12.6. The number of nitrogens with one attached hydrogen (secondary N) is 1. The van der Waals surface area contributed by atoms with Crippen molar-refractivity contribution in [3.63, 3.8) is 0 Å². The van der Waals surface area contributed by atoms with E-state index in [1.165, 1.54) is 41.0 Å². The fraction of sp³-hybridized carbons (Fsp3) is 0.211. The van der Waals surface area contributed by atoms with Gasteiger partial charge in [0.1, 0.15) is 4.87 Å². The number of amides is 2. The van der Waals surface area contributed by atoms with E-state index in [-0.39, 0.29) is 22.9 Å². The third kappa shape index (κ3) is 4.13. The Morgan fingerprint density at radius 2 is 2.03 bits per heavy atom. The summed E-state index contributed by atoms with van der Waals surface area (Å²) >= 11 is 4.59. The number of para-hydroxylation sites is 1. The largest absolute Gasteiger partial charge is 0.272 e. The standard InChI is InChI=1S/C19H16N4O4S3/c1-19(11-28-18-20-14-4-2-3-5-15(14)30-18)22(16(24)10-29-19)21-17(25)12-6-8-13(9-7-12)23(26)27/h2-9H,10-11H2,1H3,(H,21,25). The van der Waals surface area contributed by atoms with Gasteiger partial charge in [-0.05, 0) is 31.2 Å². The van der Waals surface area contributed by atoms with Gasteiger partial charge >= 0.3 is 0 Å². The van der Waals surface area contributed by atoms with Gasteiger partial charge in [-0.1, -0.05) is 23.9 Å². The molecule has 3 aromatic rings. The fourth-order valence-corrected chi connectivity index (χ4v) is 6.32. The topological polar surface area (TPSA) is 105 Å². The van der Waals surface area contributed by atoms with E-state index in [1.54, 1.807) is 23.1 Å². The smallest absolute Gasteiger partial charge is 0.269 e.